The Hall–Kier alpha value is -3.90. The second-order valence-electron chi connectivity index (χ2n) is 7.77. The van der Waals surface area contributed by atoms with Crippen LogP contribution in [-0.2, 0) is 11.4 Å². The number of ether oxygens (including phenoxy) is 1. The van der Waals surface area contributed by atoms with Gasteiger partial charge in [-0.15, -0.1) is 0 Å². The first-order chi connectivity index (χ1) is 16.1. The fourth-order valence-corrected chi connectivity index (χ4v) is 4.48. The largest absolute Gasteiger partial charge is 0.489 e. The molecule has 1 amide bonds. The highest BCUT2D eigenvalue weighted by Gasteiger charge is 2.36. The lowest BCUT2D eigenvalue weighted by Gasteiger charge is -2.26. The highest BCUT2D eigenvalue weighted by atomic mass is 32.2. The average Bonchev–Trinajstić information content (AvgIpc) is 3.26. The molecule has 5 rings (SSSR count). The molecule has 2 aliphatic heterocycles. The fraction of sp³-hybridized carbons (Fsp3) is 0.0741. The molecule has 0 bridgehead atoms. The molecule has 0 saturated carbocycles. The SMILES string of the molecule is Cc1ccc(COc2ccc(C=C3C(=N)N4C(c5ccccc5)=CSC4=NC3=O)cc2)cc1. The van der Waals surface area contributed by atoms with Crippen molar-refractivity contribution >= 4 is 40.4 Å². The van der Waals surface area contributed by atoms with Crippen molar-refractivity contribution in [3.63, 3.8) is 0 Å². The lowest BCUT2D eigenvalue weighted by molar-refractivity contribution is -0.114. The summed E-state index contributed by atoms with van der Waals surface area (Å²) in [5, 5.41) is 11.2. The Morgan fingerprint density at radius 3 is 2.45 bits per heavy atom. The van der Waals surface area contributed by atoms with Gasteiger partial charge in [0.15, 0.2) is 5.17 Å². The number of amidine groups is 2. The van der Waals surface area contributed by atoms with Crippen molar-refractivity contribution in [2.45, 2.75) is 13.5 Å². The minimum atomic E-state index is -0.402. The molecule has 162 valence electrons. The maximum Gasteiger partial charge on any atom is 0.283 e. The molecule has 0 atom stereocenters. The quantitative estimate of drug-likeness (QED) is 0.492. The Labute approximate surface area is 196 Å². The van der Waals surface area contributed by atoms with Gasteiger partial charge in [-0.05, 0) is 41.8 Å². The predicted octanol–water partition coefficient (Wildman–Crippen LogP) is 5.88. The average molecular weight is 452 g/mol. The molecule has 0 saturated heterocycles. The van der Waals surface area contributed by atoms with Crippen LogP contribution in [0.1, 0.15) is 22.3 Å². The van der Waals surface area contributed by atoms with Crippen LogP contribution in [0.4, 0.5) is 0 Å². The molecule has 0 spiro atoms. The molecule has 33 heavy (non-hydrogen) atoms. The summed E-state index contributed by atoms with van der Waals surface area (Å²) in [6.07, 6.45) is 1.71. The highest BCUT2D eigenvalue weighted by Crippen LogP contribution is 2.37. The number of hydrogen-bond acceptors (Lipinski definition) is 4. The Morgan fingerprint density at radius 1 is 1.00 bits per heavy atom. The molecule has 3 aromatic carbocycles. The molecule has 0 aliphatic carbocycles. The number of thioether (sulfide) groups is 1. The van der Waals surface area contributed by atoms with E-state index in [4.69, 9.17) is 10.1 Å². The van der Waals surface area contributed by atoms with Crippen LogP contribution in [0, 0.1) is 12.3 Å². The molecule has 2 aliphatic rings. The Kier molecular flexibility index (Phi) is 5.67. The van der Waals surface area contributed by atoms with Gasteiger partial charge >= 0.3 is 0 Å². The Bertz CT molecular complexity index is 1310. The van der Waals surface area contributed by atoms with Gasteiger partial charge in [-0.2, -0.15) is 4.99 Å². The number of carbonyl (C=O) groups is 1. The number of nitrogens with one attached hydrogen (secondary N) is 1. The summed E-state index contributed by atoms with van der Waals surface area (Å²) in [5.74, 6) is 0.472. The van der Waals surface area contributed by atoms with Gasteiger partial charge in [0.1, 0.15) is 18.2 Å². The van der Waals surface area contributed by atoms with Crippen molar-refractivity contribution in [2.24, 2.45) is 4.99 Å². The van der Waals surface area contributed by atoms with Gasteiger partial charge in [-0.3, -0.25) is 15.1 Å². The van der Waals surface area contributed by atoms with Crippen molar-refractivity contribution in [2.75, 3.05) is 0 Å². The smallest absolute Gasteiger partial charge is 0.283 e. The van der Waals surface area contributed by atoms with E-state index < -0.39 is 5.91 Å². The van der Waals surface area contributed by atoms with E-state index in [2.05, 4.69) is 36.2 Å². The van der Waals surface area contributed by atoms with Crippen LogP contribution in [0.2, 0.25) is 0 Å². The first-order valence-corrected chi connectivity index (χ1v) is 11.4. The molecule has 6 heteroatoms. The monoisotopic (exact) mass is 451 g/mol. The zero-order chi connectivity index (χ0) is 22.8. The third-order valence-corrected chi connectivity index (χ3v) is 6.23. The van der Waals surface area contributed by atoms with E-state index in [0.29, 0.717) is 11.8 Å². The number of fused-ring (bicyclic) bond motifs is 1. The molecular weight excluding hydrogens is 430 g/mol. The van der Waals surface area contributed by atoms with E-state index in [9.17, 15) is 4.79 Å². The van der Waals surface area contributed by atoms with Crippen molar-refractivity contribution in [1.29, 1.82) is 5.41 Å². The van der Waals surface area contributed by atoms with E-state index >= 15 is 0 Å². The first kappa shape index (κ1) is 21.0. The number of benzene rings is 3. The third kappa shape index (κ3) is 4.38. The second kappa shape index (κ2) is 8.92. The maximum atomic E-state index is 12.7. The zero-order valence-electron chi connectivity index (χ0n) is 18.0. The molecule has 0 fully saturated rings. The van der Waals surface area contributed by atoms with Crippen LogP contribution in [0.3, 0.4) is 0 Å². The topological polar surface area (TPSA) is 65.8 Å². The lowest BCUT2D eigenvalue weighted by atomic mass is 10.1. The number of rotatable bonds is 5. The predicted molar refractivity (Wildman–Crippen MR) is 134 cm³/mol. The van der Waals surface area contributed by atoms with Crippen LogP contribution >= 0.6 is 11.8 Å². The second-order valence-corrected chi connectivity index (χ2v) is 8.61. The van der Waals surface area contributed by atoms with Gasteiger partial charge in [0.25, 0.3) is 5.91 Å². The van der Waals surface area contributed by atoms with Crippen molar-refractivity contribution < 1.29 is 9.53 Å². The summed E-state index contributed by atoms with van der Waals surface area (Å²) in [7, 11) is 0. The highest BCUT2D eigenvalue weighted by molar-refractivity contribution is 8.17. The Balaban J connectivity index is 1.33. The molecule has 5 nitrogen and oxygen atoms in total. The van der Waals surface area contributed by atoms with E-state index in [-0.39, 0.29) is 11.4 Å². The van der Waals surface area contributed by atoms with E-state index in [1.54, 1.807) is 11.0 Å². The van der Waals surface area contributed by atoms with Crippen LogP contribution < -0.4 is 4.74 Å². The summed E-state index contributed by atoms with van der Waals surface area (Å²) in [5.41, 5.74) is 5.21. The van der Waals surface area contributed by atoms with Gasteiger partial charge in [0.2, 0.25) is 0 Å². The van der Waals surface area contributed by atoms with Gasteiger partial charge in [0.05, 0.1) is 11.3 Å². The van der Waals surface area contributed by atoms with Gasteiger partial charge in [-0.1, -0.05) is 84.1 Å². The summed E-state index contributed by atoms with van der Waals surface area (Å²) < 4.78 is 5.87. The number of carbonyl (C=O) groups excluding carboxylic acids is 1. The van der Waals surface area contributed by atoms with E-state index in [1.807, 2.05) is 60.0 Å². The standard InChI is InChI=1S/C27H21N3O2S/c1-18-7-9-20(10-8-18)16-32-22-13-11-19(12-14-22)15-23-25(28)30-24(21-5-3-2-4-6-21)17-33-27(30)29-26(23)31/h2-15,17,28H,16H2,1H3. The van der Waals surface area contributed by atoms with Crippen LogP contribution in [0.5, 0.6) is 5.75 Å². The number of hydrogen-bond donors (Lipinski definition) is 1. The molecule has 2 heterocycles. The summed E-state index contributed by atoms with van der Waals surface area (Å²) in [6, 6.07) is 25.6. The van der Waals surface area contributed by atoms with E-state index in [0.717, 1.165) is 28.1 Å². The third-order valence-electron chi connectivity index (χ3n) is 5.40. The number of nitrogens with zero attached hydrogens (tertiary/aromatic N) is 2. The summed E-state index contributed by atoms with van der Waals surface area (Å²) >= 11 is 1.36. The summed E-state index contributed by atoms with van der Waals surface area (Å²) in [6.45, 7) is 2.55. The Morgan fingerprint density at radius 2 is 1.73 bits per heavy atom. The van der Waals surface area contributed by atoms with Gasteiger partial charge < -0.3 is 4.74 Å². The molecule has 3 aromatic rings. The normalized spacial score (nSPS) is 16.5. The zero-order valence-corrected chi connectivity index (χ0v) is 18.8. The first-order valence-electron chi connectivity index (χ1n) is 10.5. The van der Waals surface area contributed by atoms with Crippen molar-refractivity contribution in [3.05, 3.63) is 112 Å². The molecule has 0 aromatic heterocycles. The number of amides is 1. The molecular formula is C27H21N3O2S. The van der Waals surface area contributed by atoms with E-state index in [1.165, 1.54) is 17.3 Å². The van der Waals surface area contributed by atoms with Crippen LogP contribution in [0.15, 0.2) is 94.8 Å². The minimum absolute atomic E-state index is 0.129. The molecule has 0 unspecified atom stereocenters. The maximum absolute atomic E-state index is 12.7. The molecule has 0 radical (unpaired) electrons. The lowest BCUT2D eigenvalue weighted by Crippen LogP contribution is -2.37. The molecule has 1 N–H and O–H groups in total. The number of aliphatic imine (C=N–C) groups is 1. The van der Waals surface area contributed by atoms with Crippen LogP contribution in [-0.4, -0.2) is 21.8 Å². The van der Waals surface area contributed by atoms with Gasteiger partial charge in [-0.25, -0.2) is 0 Å². The van der Waals surface area contributed by atoms with Crippen LogP contribution in [0.25, 0.3) is 11.8 Å². The van der Waals surface area contributed by atoms with Crippen molar-refractivity contribution in [1.82, 2.24) is 4.90 Å². The van der Waals surface area contributed by atoms with Crippen molar-refractivity contribution in [3.8, 4) is 5.75 Å². The number of aryl methyl sites for hydroxylation is 1. The summed E-state index contributed by atoms with van der Waals surface area (Å²) in [4.78, 5) is 18.6. The fourth-order valence-electron chi connectivity index (χ4n) is 3.59. The van der Waals surface area contributed by atoms with Gasteiger partial charge in [0, 0.05) is 5.41 Å². The minimum Gasteiger partial charge on any atom is -0.489 e.